The first kappa shape index (κ1) is 15.3. The lowest BCUT2D eigenvalue weighted by molar-refractivity contribution is -0.127. The zero-order chi connectivity index (χ0) is 14.7. The Hall–Kier alpha value is -0.570. The van der Waals surface area contributed by atoms with E-state index in [1.165, 1.54) is 38.5 Å². The van der Waals surface area contributed by atoms with E-state index in [0.717, 1.165) is 43.9 Å². The highest BCUT2D eigenvalue weighted by atomic mass is 16.3. The Balaban J connectivity index is 1.44. The van der Waals surface area contributed by atoms with Gasteiger partial charge >= 0.3 is 0 Å². The fourth-order valence-corrected chi connectivity index (χ4v) is 4.91. The van der Waals surface area contributed by atoms with Gasteiger partial charge in [-0.25, -0.2) is 0 Å². The number of rotatable bonds is 3. The summed E-state index contributed by atoms with van der Waals surface area (Å²) in [5.74, 6) is 2.50. The number of fused-ring (bicyclic) bond motifs is 1. The van der Waals surface area contributed by atoms with E-state index >= 15 is 0 Å². The van der Waals surface area contributed by atoms with E-state index in [-0.39, 0.29) is 23.8 Å². The van der Waals surface area contributed by atoms with Crippen molar-refractivity contribution in [2.75, 3.05) is 6.54 Å². The van der Waals surface area contributed by atoms with Gasteiger partial charge in [0.05, 0.1) is 6.10 Å². The minimum absolute atomic E-state index is 0.201. The van der Waals surface area contributed by atoms with E-state index in [2.05, 4.69) is 5.32 Å². The maximum atomic E-state index is 12.4. The molecule has 5 unspecified atom stereocenters. The van der Waals surface area contributed by atoms with Gasteiger partial charge in [-0.05, 0) is 43.9 Å². The molecule has 21 heavy (non-hydrogen) atoms. The quantitative estimate of drug-likeness (QED) is 0.839. The number of hydrogen-bond acceptors (Lipinski definition) is 2. The van der Waals surface area contributed by atoms with Crippen molar-refractivity contribution < 1.29 is 9.90 Å². The summed E-state index contributed by atoms with van der Waals surface area (Å²) >= 11 is 0. The van der Waals surface area contributed by atoms with Crippen LogP contribution in [0.2, 0.25) is 0 Å². The van der Waals surface area contributed by atoms with Gasteiger partial charge in [0.25, 0.3) is 0 Å². The smallest absolute Gasteiger partial charge is 0.223 e. The summed E-state index contributed by atoms with van der Waals surface area (Å²) in [6, 6.07) is 0. The van der Waals surface area contributed by atoms with Gasteiger partial charge in [0.1, 0.15) is 0 Å². The van der Waals surface area contributed by atoms with E-state index in [9.17, 15) is 9.90 Å². The van der Waals surface area contributed by atoms with Crippen LogP contribution in [0.3, 0.4) is 0 Å². The van der Waals surface area contributed by atoms with Crippen molar-refractivity contribution in [1.82, 2.24) is 5.32 Å². The van der Waals surface area contributed by atoms with Crippen LogP contribution in [0.5, 0.6) is 0 Å². The average molecular weight is 293 g/mol. The van der Waals surface area contributed by atoms with Crippen LogP contribution in [-0.2, 0) is 4.79 Å². The molecule has 3 aliphatic rings. The molecule has 3 heteroatoms. The molecule has 120 valence electrons. The lowest BCUT2D eigenvalue weighted by atomic mass is 9.67. The first-order chi connectivity index (χ1) is 10.2. The van der Waals surface area contributed by atoms with Crippen molar-refractivity contribution >= 4 is 5.91 Å². The van der Waals surface area contributed by atoms with E-state index in [1.807, 2.05) is 0 Å². The number of hydrogen-bond donors (Lipinski definition) is 2. The van der Waals surface area contributed by atoms with E-state index in [4.69, 9.17) is 0 Å². The minimum Gasteiger partial charge on any atom is -0.393 e. The molecular formula is C18H31NO2. The Morgan fingerprint density at radius 1 is 0.905 bits per heavy atom. The van der Waals surface area contributed by atoms with Crippen LogP contribution in [0, 0.1) is 23.7 Å². The monoisotopic (exact) mass is 293 g/mol. The molecule has 0 aromatic rings. The average Bonchev–Trinajstić information content (AvgIpc) is 2.53. The number of nitrogens with one attached hydrogen (secondary N) is 1. The maximum absolute atomic E-state index is 12.4. The summed E-state index contributed by atoms with van der Waals surface area (Å²) < 4.78 is 0. The second-order valence-electron chi connectivity index (χ2n) is 7.67. The molecular weight excluding hydrogens is 262 g/mol. The molecule has 0 radical (unpaired) electrons. The normalized spacial score (nSPS) is 40.3. The van der Waals surface area contributed by atoms with E-state index in [1.54, 1.807) is 0 Å². The lowest BCUT2D eigenvalue weighted by Gasteiger charge is -2.39. The molecule has 0 aromatic heterocycles. The second-order valence-corrected chi connectivity index (χ2v) is 7.67. The molecule has 1 amide bonds. The third-order valence-corrected chi connectivity index (χ3v) is 6.32. The van der Waals surface area contributed by atoms with Gasteiger partial charge in [0, 0.05) is 18.4 Å². The van der Waals surface area contributed by atoms with Crippen LogP contribution < -0.4 is 5.32 Å². The van der Waals surface area contributed by atoms with Gasteiger partial charge in [-0.1, -0.05) is 38.5 Å². The highest BCUT2D eigenvalue weighted by Crippen LogP contribution is 2.42. The maximum Gasteiger partial charge on any atom is 0.223 e. The molecule has 0 bridgehead atoms. The Labute approximate surface area is 128 Å². The van der Waals surface area contributed by atoms with Crippen molar-refractivity contribution in [1.29, 1.82) is 0 Å². The largest absolute Gasteiger partial charge is 0.393 e. The predicted octanol–water partition coefficient (Wildman–Crippen LogP) is 3.26. The van der Waals surface area contributed by atoms with Gasteiger partial charge in [-0.15, -0.1) is 0 Å². The van der Waals surface area contributed by atoms with Crippen LogP contribution >= 0.6 is 0 Å². The van der Waals surface area contributed by atoms with Crippen LogP contribution in [0.25, 0.3) is 0 Å². The molecule has 0 spiro atoms. The Morgan fingerprint density at radius 3 is 2.43 bits per heavy atom. The molecule has 0 aliphatic heterocycles. The van der Waals surface area contributed by atoms with Crippen molar-refractivity contribution in [3.05, 3.63) is 0 Å². The van der Waals surface area contributed by atoms with Gasteiger partial charge < -0.3 is 10.4 Å². The molecule has 3 rings (SSSR count). The zero-order valence-corrected chi connectivity index (χ0v) is 13.2. The van der Waals surface area contributed by atoms with Crippen LogP contribution in [0.4, 0.5) is 0 Å². The molecule has 0 saturated heterocycles. The van der Waals surface area contributed by atoms with Crippen molar-refractivity contribution in [2.45, 2.75) is 76.7 Å². The fourth-order valence-electron chi connectivity index (χ4n) is 4.91. The highest BCUT2D eigenvalue weighted by Gasteiger charge is 2.35. The van der Waals surface area contributed by atoms with E-state index < -0.39 is 0 Å². The number of aliphatic hydroxyl groups excluding tert-OH is 1. The third kappa shape index (κ3) is 3.80. The summed E-state index contributed by atoms with van der Waals surface area (Å²) in [5.41, 5.74) is 0. The molecule has 3 saturated carbocycles. The first-order valence-electron chi connectivity index (χ1n) is 9.20. The number of carbonyl (C=O) groups is 1. The number of amides is 1. The Kier molecular flexibility index (Phi) is 5.20. The summed E-state index contributed by atoms with van der Waals surface area (Å²) in [5, 5.41) is 13.1. The highest BCUT2D eigenvalue weighted by molar-refractivity contribution is 5.78. The van der Waals surface area contributed by atoms with Crippen LogP contribution in [0.1, 0.15) is 70.6 Å². The third-order valence-electron chi connectivity index (χ3n) is 6.32. The molecule has 3 nitrogen and oxygen atoms in total. The number of carbonyl (C=O) groups excluding carboxylic acids is 1. The summed E-state index contributed by atoms with van der Waals surface area (Å²) in [6.45, 7) is 0.685. The van der Waals surface area contributed by atoms with Crippen molar-refractivity contribution in [3.8, 4) is 0 Å². The summed E-state index contributed by atoms with van der Waals surface area (Å²) in [6.07, 6.45) is 13.1. The molecule has 0 aromatic carbocycles. The zero-order valence-electron chi connectivity index (χ0n) is 13.2. The van der Waals surface area contributed by atoms with Crippen LogP contribution in [-0.4, -0.2) is 23.7 Å². The molecule has 3 aliphatic carbocycles. The fraction of sp³-hybridized carbons (Fsp3) is 0.944. The predicted molar refractivity (Wildman–Crippen MR) is 83.8 cm³/mol. The molecule has 3 fully saturated rings. The Bertz CT molecular complexity index is 357. The minimum atomic E-state index is -0.201. The van der Waals surface area contributed by atoms with Gasteiger partial charge in [-0.2, -0.15) is 0 Å². The topological polar surface area (TPSA) is 49.3 Å². The second kappa shape index (κ2) is 7.13. The standard InChI is InChI=1S/C18H31NO2/c20-17-8-4-3-7-16(17)12-19-18(21)15-10-9-13-5-1-2-6-14(13)11-15/h13-17,20H,1-12H2,(H,19,21). The Morgan fingerprint density at radius 2 is 1.62 bits per heavy atom. The van der Waals surface area contributed by atoms with Crippen molar-refractivity contribution in [3.63, 3.8) is 0 Å². The summed E-state index contributed by atoms with van der Waals surface area (Å²) in [7, 11) is 0. The van der Waals surface area contributed by atoms with Gasteiger partial charge in [-0.3, -0.25) is 4.79 Å². The molecule has 2 N–H and O–H groups in total. The summed E-state index contributed by atoms with van der Waals surface area (Å²) in [4.78, 5) is 12.4. The number of aliphatic hydroxyl groups is 1. The first-order valence-corrected chi connectivity index (χ1v) is 9.20. The van der Waals surface area contributed by atoms with Gasteiger partial charge in [0.15, 0.2) is 0 Å². The van der Waals surface area contributed by atoms with Crippen LogP contribution in [0.15, 0.2) is 0 Å². The van der Waals surface area contributed by atoms with Crippen molar-refractivity contribution in [2.24, 2.45) is 23.7 Å². The lowest BCUT2D eigenvalue weighted by Crippen LogP contribution is -2.41. The van der Waals surface area contributed by atoms with E-state index in [0.29, 0.717) is 6.54 Å². The molecule has 0 heterocycles. The van der Waals surface area contributed by atoms with Gasteiger partial charge in [0.2, 0.25) is 5.91 Å². The molecule has 5 atom stereocenters. The SMILES string of the molecule is O=C(NCC1CCCCC1O)C1CCC2CCCCC2C1.